The second kappa shape index (κ2) is 9.21. The lowest BCUT2D eigenvalue weighted by molar-refractivity contribution is -0.118. The fourth-order valence-electron chi connectivity index (χ4n) is 0. The summed E-state index contributed by atoms with van der Waals surface area (Å²) < 4.78 is 0. The number of halogens is 1. The molecule has 0 saturated carbocycles. The maximum Gasteiger partial charge on any atom is 0.216 e. The molecule has 7 heavy (non-hydrogen) atoms. The van der Waals surface area contributed by atoms with Gasteiger partial charge in [-0.05, 0) is 0 Å². The van der Waals surface area contributed by atoms with E-state index in [1.54, 1.807) is 7.05 Å². The van der Waals surface area contributed by atoms with E-state index in [-0.39, 0.29) is 23.8 Å². The van der Waals surface area contributed by atoms with Crippen molar-refractivity contribution in [2.45, 2.75) is 6.92 Å². The molecule has 0 aliphatic rings. The van der Waals surface area contributed by atoms with Gasteiger partial charge in [0.2, 0.25) is 5.91 Å². The molecule has 0 fully saturated rings. The molecule has 0 spiro atoms. The zero-order chi connectivity index (χ0) is 4.28. The van der Waals surface area contributed by atoms with E-state index in [0.717, 1.165) is 0 Å². The number of carbonyl (C=O) groups excluding carboxylic acids is 1. The Morgan fingerprint density at radius 3 is 1.71 bits per heavy atom. The van der Waals surface area contributed by atoms with Gasteiger partial charge < -0.3 is 10.8 Å². The Labute approximate surface area is 48.8 Å². The lowest BCUT2D eigenvalue weighted by Gasteiger charge is -1.80. The van der Waals surface area contributed by atoms with Gasteiger partial charge in [0.1, 0.15) is 0 Å². The molecule has 0 aromatic heterocycles. The number of nitrogens with one attached hydrogen (secondary N) is 1. The molecule has 0 saturated heterocycles. The van der Waals surface area contributed by atoms with Crippen molar-refractivity contribution in [1.29, 1.82) is 0 Å². The molecule has 0 heterocycles. The normalized spacial score (nSPS) is 4.86. The van der Waals surface area contributed by atoms with Crippen molar-refractivity contribution in [3.05, 3.63) is 0 Å². The van der Waals surface area contributed by atoms with Gasteiger partial charge in [-0.25, -0.2) is 0 Å². The van der Waals surface area contributed by atoms with E-state index in [9.17, 15) is 4.79 Å². The van der Waals surface area contributed by atoms with E-state index in [2.05, 4.69) is 5.32 Å². The minimum atomic E-state index is 0. The first kappa shape index (κ1) is 15.9. The van der Waals surface area contributed by atoms with Crippen LogP contribution in [0.5, 0.6) is 0 Å². The Hall–Kier alpha value is -0.280. The average molecular weight is 128 g/mol. The third-order valence-electron chi connectivity index (χ3n) is 0.352. The molecule has 0 aliphatic heterocycles. The maximum atomic E-state index is 9.70. The van der Waals surface area contributed by atoms with Crippen LogP contribution in [-0.2, 0) is 4.79 Å². The van der Waals surface area contributed by atoms with Crippen molar-refractivity contribution in [3.63, 3.8) is 0 Å². The SMILES string of the molecule is CNC(C)=O.Cl.O. The van der Waals surface area contributed by atoms with Gasteiger partial charge in [0.05, 0.1) is 0 Å². The monoisotopic (exact) mass is 127 g/mol. The molecule has 0 unspecified atom stereocenters. The Morgan fingerprint density at radius 2 is 1.71 bits per heavy atom. The minimum absolute atomic E-state index is 0. The molecule has 46 valence electrons. The summed E-state index contributed by atoms with van der Waals surface area (Å²) in [5, 5.41) is 2.39. The predicted molar refractivity (Wildman–Crippen MR) is 30.6 cm³/mol. The highest BCUT2D eigenvalue weighted by atomic mass is 35.5. The lowest BCUT2D eigenvalue weighted by Crippen LogP contribution is -2.11. The van der Waals surface area contributed by atoms with Gasteiger partial charge in [-0.15, -0.1) is 12.4 Å². The van der Waals surface area contributed by atoms with Gasteiger partial charge in [-0.3, -0.25) is 4.79 Å². The number of carbonyl (C=O) groups is 1. The lowest BCUT2D eigenvalue weighted by atomic mass is 10.7. The van der Waals surface area contributed by atoms with Crippen LogP contribution in [0.15, 0.2) is 0 Å². The van der Waals surface area contributed by atoms with Crippen LogP contribution in [0.2, 0.25) is 0 Å². The second-order valence-corrected chi connectivity index (χ2v) is 0.806. The molecule has 0 aromatic rings. The van der Waals surface area contributed by atoms with Crippen LogP contribution < -0.4 is 5.32 Å². The van der Waals surface area contributed by atoms with Crippen LogP contribution in [0.25, 0.3) is 0 Å². The summed E-state index contributed by atoms with van der Waals surface area (Å²) >= 11 is 0. The van der Waals surface area contributed by atoms with Crippen LogP contribution in [0.1, 0.15) is 6.92 Å². The van der Waals surface area contributed by atoms with Crippen LogP contribution in [-0.4, -0.2) is 18.4 Å². The summed E-state index contributed by atoms with van der Waals surface area (Å²) in [7, 11) is 1.60. The number of rotatable bonds is 0. The molecule has 0 radical (unpaired) electrons. The largest absolute Gasteiger partial charge is 0.412 e. The molecule has 0 rings (SSSR count). The molecule has 1 amide bonds. The fraction of sp³-hybridized carbons (Fsp3) is 0.667. The smallest absolute Gasteiger partial charge is 0.216 e. The summed E-state index contributed by atoms with van der Waals surface area (Å²) in [6.07, 6.45) is 0. The standard InChI is InChI=1S/C3H7NO.ClH.H2O/c1-3(5)4-2;;/h1-2H3,(H,4,5);1H;1H2. The van der Waals surface area contributed by atoms with E-state index in [4.69, 9.17) is 0 Å². The molecule has 0 aliphatic carbocycles. The van der Waals surface area contributed by atoms with Crippen molar-refractivity contribution in [2.24, 2.45) is 0 Å². The molecule has 0 atom stereocenters. The predicted octanol–water partition coefficient (Wildman–Crippen LogP) is -0.651. The zero-order valence-electron chi connectivity index (χ0n) is 4.32. The molecule has 3 nitrogen and oxygen atoms in total. The summed E-state index contributed by atoms with van der Waals surface area (Å²) in [5.74, 6) is 0.00463. The maximum absolute atomic E-state index is 9.70. The van der Waals surface area contributed by atoms with Crippen molar-refractivity contribution in [2.75, 3.05) is 7.05 Å². The van der Waals surface area contributed by atoms with Gasteiger partial charge in [-0.2, -0.15) is 0 Å². The van der Waals surface area contributed by atoms with Gasteiger partial charge in [0, 0.05) is 14.0 Å². The van der Waals surface area contributed by atoms with Crippen LogP contribution in [0, 0.1) is 0 Å². The Morgan fingerprint density at radius 1 is 1.57 bits per heavy atom. The molecule has 3 N–H and O–H groups in total. The van der Waals surface area contributed by atoms with Crippen molar-refractivity contribution in [3.8, 4) is 0 Å². The van der Waals surface area contributed by atoms with Crippen LogP contribution >= 0.6 is 12.4 Å². The second-order valence-electron chi connectivity index (χ2n) is 0.806. The highest BCUT2D eigenvalue weighted by molar-refractivity contribution is 5.85. The number of amides is 1. The minimum Gasteiger partial charge on any atom is -0.412 e. The van der Waals surface area contributed by atoms with E-state index < -0.39 is 0 Å². The molecule has 4 heteroatoms. The van der Waals surface area contributed by atoms with Crippen LogP contribution in [0.3, 0.4) is 0 Å². The Bertz CT molecular complexity index is 48.2. The van der Waals surface area contributed by atoms with Crippen molar-refractivity contribution >= 4 is 18.3 Å². The van der Waals surface area contributed by atoms with Crippen molar-refractivity contribution in [1.82, 2.24) is 5.32 Å². The summed E-state index contributed by atoms with van der Waals surface area (Å²) in [5.41, 5.74) is 0. The zero-order valence-corrected chi connectivity index (χ0v) is 5.13. The number of hydrogen-bond acceptors (Lipinski definition) is 1. The average Bonchev–Trinajstić information content (AvgIpc) is 1.38. The highest BCUT2D eigenvalue weighted by Gasteiger charge is 1.72. The highest BCUT2D eigenvalue weighted by Crippen LogP contribution is 1.45. The Balaban J connectivity index is -0.0000000800. The Kier molecular flexibility index (Phi) is 20.9. The van der Waals surface area contributed by atoms with E-state index in [1.165, 1.54) is 6.92 Å². The summed E-state index contributed by atoms with van der Waals surface area (Å²) in [6, 6.07) is 0. The first-order valence-corrected chi connectivity index (χ1v) is 1.45. The fourth-order valence-corrected chi connectivity index (χ4v) is 0. The van der Waals surface area contributed by atoms with Gasteiger partial charge in [0.25, 0.3) is 0 Å². The summed E-state index contributed by atoms with van der Waals surface area (Å²) in [6.45, 7) is 1.47. The van der Waals surface area contributed by atoms with Gasteiger partial charge >= 0.3 is 0 Å². The molecular formula is C3H10ClNO2. The third kappa shape index (κ3) is 26.8. The van der Waals surface area contributed by atoms with Gasteiger partial charge in [-0.1, -0.05) is 0 Å². The van der Waals surface area contributed by atoms with E-state index in [1.807, 2.05) is 0 Å². The molecule has 0 bridgehead atoms. The van der Waals surface area contributed by atoms with Crippen LogP contribution in [0.4, 0.5) is 0 Å². The van der Waals surface area contributed by atoms with Crippen molar-refractivity contribution < 1.29 is 10.3 Å². The van der Waals surface area contributed by atoms with E-state index in [0.29, 0.717) is 0 Å². The molecular weight excluding hydrogens is 117 g/mol. The molecule has 0 aromatic carbocycles. The van der Waals surface area contributed by atoms with E-state index >= 15 is 0 Å². The third-order valence-corrected chi connectivity index (χ3v) is 0.352. The number of hydrogen-bond donors (Lipinski definition) is 1. The first-order chi connectivity index (χ1) is 2.27. The first-order valence-electron chi connectivity index (χ1n) is 1.45. The van der Waals surface area contributed by atoms with Gasteiger partial charge in [0.15, 0.2) is 0 Å². The summed E-state index contributed by atoms with van der Waals surface area (Å²) in [4.78, 5) is 9.70. The quantitative estimate of drug-likeness (QED) is 0.462. The topological polar surface area (TPSA) is 60.6 Å².